The van der Waals surface area contributed by atoms with E-state index in [0.717, 1.165) is 13.0 Å². The second-order valence-electron chi connectivity index (χ2n) is 5.03. The quantitative estimate of drug-likeness (QED) is 0.892. The molecule has 0 bridgehead atoms. The average molecular weight is 270 g/mol. The van der Waals surface area contributed by atoms with E-state index in [2.05, 4.69) is 55.8 Å². The van der Waals surface area contributed by atoms with Gasteiger partial charge in [0.05, 0.1) is 0 Å². The van der Waals surface area contributed by atoms with Crippen LogP contribution in [0.1, 0.15) is 30.5 Å². The summed E-state index contributed by atoms with van der Waals surface area (Å²) in [5, 5.41) is 0. The second kappa shape index (κ2) is 4.67. The van der Waals surface area contributed by atoms with Gasteiger partial charge in [0.25, 0.3) is 0 Å². The molecule has 0 radical (unpaired) electrons. The van der Waals surface area contributed by atoms with Crippen molar-refractivity contribution in [2.45, 2.75) is 34.1 Å². The van der Waals surface area contributed by atoms with Crippen molar-refractivity contribution >= 4 is 15.9 Å². The van der Waals surface area contributed by atoms with E-state index in [1.807, 2.05) is 0 Å². The van der Waals surface area contributed by atoms with E-state index in [4.69, 9.17) is 5.73 Å². The van der Waals surface area contributed by atoms with Gasteiger partial charge in [0.15, 0.2) is 0 Å². The Labute approximate surface area is 101 Å². The summed E-state index contributed by atoms with van der Waals surface area (Å²) >= 11 is 3.63. The van der Waals surface area contributed by atoms with Crippen molar-refractivity contribution in [3.05, 3.63) is 33.3 Å². The van der Waals surface area contributed by atoms with Crippen LogP contribution in [0.25, 0.3) is 0 Å². The van der Waals surface area contributed by atoms with E-state index in [1.165, 1.54) is 21.2 Å². The molecular weight excluding hydrogens is 250 g/mol. The molecule has 0 saturated heterocycles. The normalized spacial score (nSPS) is 11.9. The number of hydrogen-bond donors (Lipinski definition) is 1. The Balaban J connectivity index is 3.02. The number of nitrogens with two attached hydrogens (primary N) is 1. The summed E-state index contributed by atoms with van der Waals surface area (Å²) in [5.41, 5.74) is 9.97. The summed E-state index contributed by atoms with van der Waals surface area (Å²) in [6.45, 7) is 9.42. The van der Waals surface area contributed by atoms with Gasteiger partial charge in [0.2, 0.25) is 0 Å². The lowest BCUT2D eigenvalue weighted by atomic mass is 9.84. The zero-order chi connectivity index (χ0) is 11.6. The molecule has 1 aromatic rings. The molecule has 0 heterocycles. The predicted molar refractivity (Wildman–Crippen MR) is 70.2 cm³/mol. The molecule has 0 fully saturated rings. The Bertz CT molecular complexity index is 356. The first kappa shape index (κ1) is 12.7. The lowest BCUT2D eigenvalue weighted by molar-refractivity contribution is 0.376. The highest BCUT2D eigenvalue weighted by Crippen LogP contribution is 2.28. The SMILES string of the molecule is Cc1ccc(CC(C)(C)CN)c(C)c1Br. The van der Waals surface area contributed by atoms with Crippen molar-refractivity contribution in [1.82, 2.24) is 0 Å². The summed E-state index contributed by atoms with van der Waals surface area (Å²) in [7, 11) is 0. The zero-order valence-electron chi connectivity index (χ0n) is 10.0. The van der Waals surface area contributed by atoms with Gasteiger partial charge in [-0.05, 0) is 48.9 Å². The highest BCUT2D eigenvalue weighted by atomic mass is 79.9. The maximum atomic E-state index is 5.76. The van der Waals surface area contributed by atoms with Gasteiger partial charge < -0.3 is 5.73 Å². The lowest BCUT2D eigenvalue weighted by Gasteiger charge is -2.24. The van der Waals surface area contributed by atoms with Crippen LogP contribution in [0.5, 0.6) is 0 Å². The summed E-state index contributed by atoms with van der Waals surface area (Å²) in [5.74, 6) is 0. The minimum atomic E-state index is 0.180. The van der Waals surface area contributed by atoms with Gasteiger partial charge >= 0.3 is 0 Å². The smallest absolute Gasteiger partial charge is 0.0236 e. The monoisotopic (exact) mass is 269 g/mol. The molecular formula is C13H20BrN. The van der Waals surface area contributed by atoms with Gasteiger partial charge in [-0.2, -0.15) is 0 Å². The largest absolute Gasteiger partial charge is 0.330 e. The van der Waals surface area contributed by atoms with Gasteiger partial charge in [-0.3, -0.25) is 0 Å². The standard InChI is InChI=1S/C13H20BrN/c1-9-5-6-11(10(2)12(9)14)7-13(3,4)8-15/h5-6H,7-8,15H2,1-4H3. The van der Waals surface area contributed by atoms with Crippen molar-refractivity contribution < 1.29 is 0 Å². The first-order valence-electron chi connectivity index (χ1n) is 5.32. The predicted octanol–water partition coefficient (Wildman–Crippen LogP) is 3.59. The van der Waals surface area contributed by atoms with Gasteiger partial charge in [-0.15, -0.1) is 0 Å². The van der Waals surface area contributed by atoms with Gasteiger partial charge in [0, 0.05) is 4.47 Å². The fourth-order valence-electron chi connectivity index (χ4n) is 1.64. The Morgan fingerprint density at radius 1 is 1.27 bits per heavy atom. The van der Waals surface area contributed by atoms with Crippen molar-refractivity contribution in [1.29, 1.82) is 0 Å². The van der Waals surface area contributed by atoms with E-state index in [-0.39, 0.29) is 5.41 Å². The van der Waals surface area contributed by atoms with E-state index in [9.17, 15) is 0 Å². The maximum Gasteiger partial charge on any atom is 0.0236 e. The fourth-order valence-corrected chi connectivity index (χ4v) is 2.03. The Hall–Kier alpha value is -0.340. The molecule has 0 unspecified atom stereocenters. The van der Waals surface area contributed by atoms with Gasteiger partial charge in [-0.1, -0.05) is 41.9 Å². The second-order valence-corrected chi connectivity index (χ2v) is 5.82. The van der Waals surface area contributed by atoms with Crippen molar-refractivity contribution in [3.8, 4) is 0 Å². The zero-order valence-corrected chi connectivity index (χ0v) is 11.6. The van der Waals surface area contributed by atoms with Crippen molar-refractivity contribution in [2.75, 3.05) is 6.54 Å². The fraction of sp³-hybridized carbons (Fsp3) is 0.538. The molecule has 2 N–H and O–H groups in total. The molecule has 15 heavy (non-hydrogen) atoms. The molecule has 0 aromatic heterocycles. The van der Waals surface area contributed by atoms with Crippen LogP contribution in [0, 0.1) is 19.3 Å². The molecule has 0 saturated carbocycles. The highest BCUT2D eigenvalue weighted by Gasteiger charge is 2.18. The molecule has 0 spiro atoms. The van der Waals surface area contributed by atoms with Crippen LogP contribution >= 0.6 is 15.9 Å². The molecule has 0 amide bonds. The van der Waals surface area contributed by atoms with Crippen LogP contribution in [0.15, 0.2) is 16.6 Å². The summed E-state index contributed by atoms with van der Waals surface area (Å²) < 4.78 is 1.23. The average Bonchev–Trinajstić information content (AvgIpc) is 2.19. The molecule has 1 aromatic carbocycles. The van der Waals surface area contributed by atoms with Crippen molar-refractivity contribution in [3.63, 3.8) is 0 Å². The molecule has 0 aliphatic carbocycles. The Morgan fingerprint density at radius 2 is 1.87 bits per heavy atom. The first-order valence-corrected chi connectivity index (χ1v) is 6.11. The number of aryl methyl sites for hydroxylation is 1. The van der Waals surface area contributed by atoms with Crippen LogP contribution in [0.4, 0.5) is 0 Å². The molecule has 0 atom stereocenters. The van der Waals surface area contributed by atoms with Gasteiger partial charge in [-0.25, -0.2) is 0 Å². The Morgan fingerprint density at radius 3 is 2.40 bits per heavy atom. The molecule has 84 valence electrons. The molecule has 0 aliphatic rings. The number of benzene rings is 1. The van der Waals surface area contributed by atoms with Crippen LogP contribution in [0.2, 0.25) is 0 Å². The number of hydrogen-bond acceptors (Lipinski definition) is 1. The molecule has 1 nitrogen and oxygen atoms in total. The van der Waals surface area contributed by atoms with Gasteiger partial charge in [0.1, 0.15) is 0 Å². The first-order chi connectivity index (χ1) is 6.87. The minimum Gasteiger partial charge on any atom is -0.330 e. The minimum absolute atomic E-state index is 0.180. The summed E-state index contributed by atoms with van der Waals surface area (Å²) in [6.07, 6.45) is 1.04. The van der Waals surface area contributed by atoms with E-state index >= 15 is 0 Å². The third-order valence-corrected chi connectivity index (χ3v) is 4.13. The van der Waals surface area contributed by atoms with E-state index in [0.29, 0.717) is 0 Å². The van der Waals surface area contributed by atoms with Crippen molar-refractivity contribution in [2.24, 2.45) is 11.1 Å². The van der Waals surface area contributed by atoms with E-state index < -0.39 is 0 Å². The molecule has 1 rings (SSSR count). The third-order valence-electron chi connectivity index (χ3n) is 2.91. The van der Waals surface area contributed by atoms with E-state index in [1.54, 1.807) is 0 Å². The molecule has 0 aliphatic heterocycles. The van der Waals surface area contributed by atoms with Crippen LogP contribution in [-0.2, 0) is 6.42 Å². The lowest BCUT2D eigenvalue weighted by Crippen LogP contribution is -2.26. The third kappa shape index (κ3) is 3.05. The summed E-state index contributed by atoms with van der Waals surface area (Å²) in [6, 6.07) is 4.38. The summed E-state index contributed by atoms with van der Waals surface area (Å²) in [4.78, 5) is 0. The van der Waals surface area contributed by atoms with Crippen LogP contribution in [0.3, 0.4) is 0 Å². The topological polar surface area (TPSA) is 26.0 Å². The Kier molecular flexibility index (Phi) is 3.96. The number of rotatable bonds is 3. The molecule has 2 heteroatoms. The number of halogens is 1. The maximum absolute atomic E-state index is 5.76. The highest BCUT2D eigenvalue weighted by molar-refractivity contribution is 9.10. The van der Waals surface area contributed by atoms with Crippen LogP contribution < -0.4 is 5.73 Å². The van der Waals surface area contributed by atoms with Crippen LogP contribution in [-0.4, -0.2) is 6.54 Å².